The third-order valence-electron chi connectivity index (χ3n) is 3.60. The van der Waals surface area contributed by atoms with Gasteiger partial charge in [0.25, 0.3) is 0 Å². The molecule has 0 atom stereocenters. The first kappa shape index (κ1) is 18.4. The summed E-state index contributed by atoms with van der Waals surface area (Å²) in [7, 11) is 1.80. The van der Waals surface area contributed by atoms with Gasteiger partial charge in [-0.2, -0.15) is 0 Å². The number of rotatable bonds is 8. The van der Waals surface area contributed by atoms with Crippen LogP contribution in [0.5, 0.6) is 0 Å². The molecule has 1 heterocycles. The molecule has 0 unspecified atom stereocenters. The van der Waals surface area contributed by atoms with Gasteiger partial charge in [0.15, 0.2) is 0 Å². The second-order valence-corrected chi connectivity index (χ2v) is 7.55. The number of nitrogens with two attached hydrogens (primary N) is 1. The van der Waals surface area contributed by atoms with Crippen molar-refractivity contribution < 1.29 is 4.79 Å². The molecule has 1 aromatic rings. The molecule has 0 radical (unpaired) electrons. The second kappa shape index (κ2) is 8.11. The molecular formula is C15H23ClN2OS2. The van der Waals surface area contributed by atoms with E-state index in [2.05, 4.69) is 13.8 Å². The van der Waals surface area contributed by atoms with Crippen molar-refractivity contribution in [3.05, 3.63) is 21.3 Å². The Labute approximate surface area is 141 Å². The highest BCUT2D eigenvalue weighted by molar-refractivity contribution is 7.80. The topological polar surface area (TPSA) is 46.3 Å². The zero-order valence-corrected chi connectivity index (χ0v) is 15.2. The number of halogens is 1. The van der Waals surface area contributed by atoms with Crippen molar-refractivity contribution in [2.24, 2.45) is 11.1 Å². The fraction of sp³-hybridized carbons (Fsp3) is 0.600. The van der Waals surface area contributed by atoms with Gasteiger partial charge in [-0.25, -0.2) is 0 Å². The van der Waals surface area contributed by atoms with Gasteiger partial charge in [-0.1, -0.05) is 50.5 Å². The lowest BCUT2D eigenvalue weighted by atomic mass is 9.77. The molecule has 0 spiro atoms. The molecule has 0 aromatic carbocycles. The number of hydrogen-bond acceptors (Lipinski definition) is 3. The number of hydrogen-bond donors (Lipinski definition) is 1. The first-order valence-electron chi connectivity index (χ1n) is 7.17. The molecule has 118 valence electrons. The smallest absolute Gasteiger partial charge is 0.235 e. The minimum atomic E-state index is -0.714. The van der Waals surface area contributed by atoms with Crippen LogP contribution in [0.1, 0.15) is 44.4 Å². The zero-order valence-electron chi connectivity index (χ0n) is 12.8. The lowest BCUT2D eigenvalue weighted by molar-refractivity contribution is -0.138. The van der Waals surface area contributed by atoms with Gasteiger partial charge in [-0.3, -0.25) is 4.79 Å². The van der Waals surface area contributed by atoms with Gasteiger partial charge in [0.1, 0.15) is 0 Å². The zero-order chi connectivity index (χ0) is 16.0. The predicted molar refractivity (Wildman–Crippen MR) is 94.8 cm³/mol. The summed E-state index contributed by atoms with van der Waals surface area (Å²) in [5.41, 5.74) is 5.23. The molecule has 0 saturated heterocycles. The Hall–Kier alpha value is -0.650. The van der Waals surface area contributed by atoms with E-state index in [1.54, 1.807) is 11.9 Å². The molecule has 1 amide bonds. The monoisotopic (exact) mass is 346 g/mol. The van der Waals surface area contributed by atoms with Crippen LogP contribution in [0.25, 0.3) is 0 Å². The second-order valence-electron chi connectivity index (χ2n) is 5.31. The van der Waals surface area contributed by atoms with E-state index in [0.29, 0.717) is 24.4 Å². The van der Waals surface area contributed by atoms with Gasteiger partial charge in [0.2, 0.25) is 5.91 Å². The maximum atomic E-state index is 12.9. The first-order chi connectivity index (χ1) is 9.87. The normalized spacial score (nSPS) is 11.4. The third kappa shape index (κ3) is 4.41. The van der Waals surface area contributed by atoms with Crippen LogP contribution in [0.4, 0.5) is 0 Å². The van der Waals surface area contributed by atoms with Crippen molar-refractivity contribution in [1.29, 1.82) is 0 Å². The van der Waals surface area contributed by atoms with E-state index in [9.17, 15) is 4.79 Å². The molecule has 3 nitrogen and oxygen atoms in total. The highest BCUT2D eigenvalue weighted by Gasteiger charge is 2.41. The van der Waals surface area contributed by atoms with Crippen molar-refractivity contribution in [2.45, 2.75) is 46.1 Å². The highest BCUT2D eigenvalue weighted by Crippen LogP contribution is 2.33. The van der Waals surface area contributed by atoms with Gasteiger partial charge >= 0.3 is 0 Å². The molecule has 2 N–H and O–H groups in total. The van der Waals surface area contributed by atoms with Crippen LogP contribution < -0.4 is 5.73 Å². The molecule has 1 aromatic heterocycles. The molecular weight excluding hydrogens is 324 g/mol. The van der Waals surface area contributed by atoms with Crippen LogP contribution >= 0.6 is 35.2 Å². The Morgan fingerprint density at radius 1 is 1.38 bits per heavy atom. The van der Waals surface area contributed by atoms with Crippen molar-refractivity contribution in [1.82, 2.24) is 4.90 Å². The molecule has 21 heavy (non-hydrogen) atoms. The average Bonchev–Trinajstić information content (AvgIpc) is 2.82. The van der Waals surface area contributed by atoms with Crippen molar-refractivity contribution in [3.8, 4) is 0 Å². The van der Waals surface area contributed by atoms with Crippen molar-refractivity contribution in [2.75, 3.05) is 7.05 Å². The number of amides is 1. The predicted octanol–water partition coefficient (Wildman–Crippen LogP) is 4.23. The van der Waals surface area contributed by atoms with Crippen LogP contribution in [-0.2, 0) is 11.3 Å². The summed E-state index contributed by atoms with van der Waals surface area (Å²) in [6.07, 6.45) is 3.15. The van der Waals surface area contributed by atoms with E-state index < -0.39 is 5.41 Å². The highest BCUT2D eigenvalue weighted by atomic mass is 35.5. The fourth-order valence-corrected chi connectivity index (χ4v) is 4.08. The van der Waals surface area contributed by atoms with Crippen LogP contribution in [0, 0.1) is 5.41 Å². The molecule has 0 aliphatic heterocycles. The van der Waals surface area contributed by atoms with E-state index in [4.69, 9.17) is 29.6 Å². The van der Waals surface area contributed by atoms with Gasteiger partial charge in [-0.15, -0.1) is 11.3 Å². The molecule has 0 bridgehead atoms. The third-order valence-corrected chi connectivity index (χ3v) is 5.21. The standard InChI is InChI=1S/C15H23ClN2OS2/c1-4-8-15(9-5-2,13(17)20)14(19)18(3)10-11-6-7-12(16)21-11/h6-7H,4-5,8-10H2,1-3H3,(H2,17,20). The minimum absolute atomic E-state index is 0.0169. The molecule has 0 aliphatic rings. The lowest BCUT2D eigenvalue weighted by Gasteiger charge is -2.34. The van der Waals surface area contributed by atoms with Crippen LogP contribution in [-0.4, -0.2) is 22.8 Å². The molecule has 6 heteroatoms. The summed E-state index contributed by atoms with van der Waals surface area (Å²) in [5, 5.41) is 0. The summed E-state index contributed by atoms with van der Waals surface area (Å²) < 4.78 is 0.730. The van der Waals surface area contributed by atoms with Gasteiger partial charge in [-0.05, 0) is 25.0 Å². The van der Waals surface area contributed by atoms with Crippen LogP contribution in [0.15, 0.2) is 12.1 Å². The van der Waals surface area contributed by atoms with E-state index in [-0.39, 0.29) is 5.91 Å². The minimum Gasteiger partial charge on any atom is -0.392 e. The van der Waals surface area contributed by atoms with E-state index in [1.165, 1.54) is 11.3 Å². The first-order valence-corrected chi connectivity index (χ1v) is 8.77. The Morgan fingerprint density at radius 3 is 2.33 bits per heavy atom. The molecule has 0 fully saturated rings. The Balaban J connectivity index is 2.95. The fourth-order valence-electron chi connectivity index (χ4n) is 2.65. The summed E-state index contributed by atoms with van der Waals surface area (Å²) in [4.78, 5) is 16.0. The number of thiophene rings is 1. The number of nitrogens with zero attached hydrogens (tertiary/aromatic N) is 1. The lowest BCUT2D eigenvalue weighted by Crippen LogP contribution is -2.49. The van der Waals surface area contributed by atoms with E-state index in [1.807, 2.05) is 12.1 Å². The maximum Gasteiger partial charge on any atom is 0.235 e. The van der Waals surface area contributed by atoms with Crippen molar-refractivity contribution >= 4 is 46.1 Å². The molecule has 1 rings (SSSR count). The quantitative estimate of drug-likeness (QED) is 0.716. The van der Waals surface area contributed by atoms with E-state index >= 15 is 0 Å². The van der Waals surface area contributed by atoms with Gasteiger partial charge in [0, 0.05) is 11.9 Å². The Kier molecular flexibility index (Phi) is 7.10. The molecule has 0 aliphatic carbocycles. The Bertz CT molecular complexity index is 496. The van der Waals surface area contributed by atoms with Gasteiger partial charge < -0.3 is 10.6 Å². The summed E-state index contributed by atoms with van der Waals surface area (Å²) in [6.45, 7) is 4.64. The summed E-state index contributed by atoms with van der Waals surface area (Å²) in [5.74, 6) is 0.0169. The summed E-state index contributed by atoms with van der Waals surface area (Å²) >= 11 is 12.7. The average molecular weight is 347 g/mol. The van der Waals surface area contributed by atoms with Crippen LogP contribution in [0.2, 0.25) is 4.34 Å². The van der Waals surface area contributed by atoms with E-state index in [0.717, 1.165) is 22.1 Å². The Morgan fingerprint density at radius 2 is 1.95 bits per heavy atom. The van der Waals surface area contributed by atoms with Gasteiger partial charge in [0.05, 0.1) is 21.3 Å². The number of carbonyl (C=O) groups excluding carboxylic acids is 1. The van der Waals surface area contributed by atoms with Crippen molar-refractivity contribution in [3.63, 3.8) is 0 Å². The van der Waals surface area contributed by atoms with Crippen LogP contribution in [0.3, 0.4) is 0 Å². The SMILES string of the molecule is CCCC(CCC)(C(=O)N(C)Cc1ccc(Cl)s1)C(N)=S. The molecule has 0 saturated carbocycles. The maximum absolute atomic E-state index is 12.9. The largest absolute Gasteiger partial charge is 0.392 e. The summed E-state index contributed by atoms with van der Waals surface area (Å²) in [6, 6.07) is 3.79. The number of thiocarbonyl (C=S) groups is 1. The number of carbonyl (C=O) groups is 1.